The van der Waals surface area contributed by atoms with Gasteiger partial charge in [-0.1, -0.05) is 6.07 Å². The fourth-order valence-electron chi connectivity index (χ4n) is 1.07. The molecule has 5 heteroatoms. The van der Waals surface area contributed by atoms with Crippen LogP contribution >= 0.6 is 0 Å². The Hall–Kier alpha value is -1.83. The number of nitrogens with zero attached hydrogens (tertiary/aromatic N) is 1. The van der Waals surface area contributed by atoms with Crippen molar-refractivity contribution in [3.63, 3.8) is 0 Å². The summed E-state index contributed by atoms with van der Waals surface area (Å²) in [7, 11) is 0. The van der Waals surface area contributed by atoms with Crippen molar-refractivity contribution in [3.8, 4) is 6.07 Å². The molecule has 1 nitrogen and oxygen atoms in total. The van der Waals surface area contributed by atoms with Crippen molar-refractivity contribution in [2.75, 3.05) is 0 Å². The number of nitriles is 1. The van der Waals surface area contributed by atoms with E-state index in [4.69, 9.17) is 5.26 Å². The zero-order valence-electron chi connectivity index (χ0n) is 7.35. The third-order valence-electron chi connectivity index (χ3n) is 1.72. The van der Waals surface area contributed by atoms with E-state index in [0.717, 1.165) is 18.2 Å². The molecule has 15 heavy (non-hydrogen) atoms. The number of halogens is 4. The summed E-state index contributed by atoms with van der Waals surface area (Å²) in [4.78, 5) is 0. The third kappa shape index (κ3) is 2.56. The summed E-state index contributed by atoms with van der Waals surface area (Å²) in [6.07, 6.45) is -3.58. The Balaban J connectivity index is 3.33. The molecular formula is C10H5F4N. The lowest BCUT2D eigenvalue weighted by Gasteiger charge is -2.08. The van der Waals surface area contributed by atoms with Gasteiger partial charge in [-0.05, 0) is 23.8 Å². The Morgan fingerprint density at radius 2 is 1.93 bits per heavy atom. The number of rotatable bonds is 1. The van der Waals surface area contributed by atoms with Gasteiger partial charge in [0.05, 0.1) is 23.5 Å². The van der Waals surface area contributed by atoms with E-state index in [-0.39, 0.29) is 11.9 Å². The van der Waals surface area contributed by atoms with Gasteiger partial charge in [0.25, 0.3) is 0 Å². The van der Waals surface area contributed by atoms with E-state index in [0.29, 0.717) is 0 Å². The highest BCUT2D eigenvalue weighted by Crippen LogP contribution is 2.32. The number of alkyl halides is 3. The first kappa shape index (κ1) is 11.2. The first-order valence-electron chi connectivity index (χ1n) is 3.87. The molecule has 0 aliphatic heterocycles. The molecule has 0 amide bonds. The molecule has 0 N–H and O–H groups in total. The Kier molecular flexibility index (Phi) is 3.10. The molecule has 0 heterocycles. The van der Waals surface area contributed by atoms with Gasteiger partial charge in [-0.3, -0.25) is 0 Å². The van der Waals surface area contributed by atoms with E-state index in [1.165, 1.54) is 12.1 Å². The van der Waals surface area contributed by atoms with Crippen LogP contribution in [-0.2, 0) is 6.18 Å². The summed E-state index contributed by atoms with van der Waals surface area (Å²) in [5.41, 5.74) is -1.47. The van der Waals surface area contributed by atoms with Gasteiger partial charge in [-0.15, -0.1) is 0 Å². The monoisotopic (exact) mass is 215 g/mol. The lowest BCUT2D eigenvalue weighted by atomic mass is 10.0. The van der Waals surface area contributed by atoms with Crippen LogP contribution in [0.15, 0.2) is 24.5 Å². The van der Waals surface area contributed by atoms with Crippen molar-refractivity contribution >= 4 is 6.08 Å². The SMILES string of the molecule is N#Cc1ccc(C=CF)cc1C(F)(F)F. The summed E-state index contributed by atoms with van der Waals surface area (Å²) < 4.78 is 48.9. The average Bonchev–Trinajstić information content (AvgIpc) is 2.17. The molecular weight excluding hydrogens is 210 g/mol. The van der Waals surface area contributed by atoms with E-state index >= 15 is 0 Å². The van der Waals surface area contributed by atoms with Gasteiger partial charge in [-0.2, -0.15) is 18.4 Å². The van der Waals surface area contributed by atoms with Gasteiger partial charge >= 0.3 is 6.18 Å². The van der Waals surface area contributed by atoms with Crippen LogP contribution in [0.1, 0.15) is 16.7 Å². The van der Waals surface area contributed by atoms with Gasteiger partial charge in [-0.25, -0.2) is 4.39 Å². The molecule has 0 atom stereocenters. The van der Waals surface area contributed by atoms with E-state index < -0.39 is 17.3 Å². The van der Waals surface area contributed by atoms with Crippen LogP contribution in [0.4, 0.5) is 17.6 Å². The predicted molar refractivity (Wildman–Crippen MR) is 46.3 cm³/mol. The van der Waals surface area contributed by atoms with Crippen LogP contribution in [0.25, 0.3) is 6.08 Å². The van der Waals surface area contributed by atoms with Crippen LogP contribution in [0.3, 0.4) is 0 Å². The van der Waals surface area contributed by atoms with Crippen molar-refractivity contribution in [3.05, 3.63) is 41.2 Å². The molecule has 1 aromatic carbocycles. The fourth-order valence-corrected chi connectivity index (χ4v) is 1.07. The Morgan fingerprint density at radius 1 is 1.27 bits per heavy atom. The van der Waals surface area contributed by atoms with Gasteiger partial charge in [0.15, 0.2) is 0 Å². The van der Waals surface area contributed by atoms with Crippen LogP contribution in [0.2, 0.25) is 0 Å². The lowest BCUT2D eigenvalue weighted by Crippen LogP contribution is -2.07. The molecule has 0 spiro atoms. The highest BCUT2D eigenvalue weighted by atomic mass is 19.4. The maximum atomic E-state index is 12.4. The van der Waals surface area contributed by atoms with Crippen molar-refractivity contribution in [2.45, 2.75) is 6.18 Å². The maximum Gasteiger partial charge on any atom is 0.417 e. The van der Waals surface area contributed by atoms with Crippen molar-refractivity contribution in [1.29, 1.82) is 5.26 Å². The third-order valence-corrected chi connectivity index (χ3v) is 1.72. The van der Waals surface area contributed by atoms with E-state index in [2.05, 4.69) is 0 Å². The highest BCUT2D eigenvalue weighted by molar-refractivity contribution is 5.53. The molecule has 0 bridgehead atoms. The lowest BCUT2D eigenvalue weighted by molar-refractivity contribution is -0.137. The Morgan fingerprint density at radius 3 is 2.40 bits per heavy atom. The van der Waals surface area contributed by atoms with Crippen LogP contribution in [0.5, 0.6) is 0 Å². The molecule has 0 unspecified atom stereocenters. The average molecular weight is 215 g/mol. The van der Waals surface area contributed by atoms with Crippen LogP contribution in [-0.4, -0.2) is 0 Å². The molecule has 1 rings (SSSR count). The van der Waals surface area contributed by atoms with Gasteiger partial charge in [0, 0.05) is 0 Å². The smallest absolute Gasteiger partial charge is 0.216 e. The summed E-state index contributed by atoms with van der Waals surface area (Å²) >= 11 is 0. The van der Waals surface area contributed by atoms with E-state index in [1.807, 2.05) is 0 Å². The molecule has 0 saturated heterocycles. The molecule has 0 fully saturated rings. The van der Waals surface area contributed by atoms with Gasteiger partial charge in [0.1, 0.15) is 0 Å². The highest BCUT2D eigenvalue weighted by Gasteiger charge is 2.33. The molecule has 0 saturated carbocycles. The van der Waals surface area contributed by atoms with E-state index in [9.17, 15) is 17.6 Å². The zero-order chi connectivity index (χ0) is 11.5. The number of hydrogen-bond donors (Lipinski definition) is 0. The first-order valence-corrected chi connectivity index (χ1v) is 3.87. The second-order valence-electron chi connectivity index (χ2n) is 2.71. The van der Waals surface area contributed by atoms with Crippen molar-refractivity contribution < 1.29 is 17.6 Å². The molecule has 0 aliphatic rings. The quantitative estimate of drug-likeness (QED) is 0.657. The van der Waals surface area contributed by atoms with Crippen LogP contribution in [0, 0.1) is 11.3 Å². The fraction of sp³-hybridized carbons (Fsp3) is 0.100. The molecule has 0 radical (unpaired) electrons. The number of hydrogen-bond acceptors (Lipinski definition) is 1. The Labute approximate surface area is 83.3 Å². The normalized spacial score (nSPS) is 11.7. The Bertz CT molecular complexity index is 426. The molecule has 0 aromatic heterocycles. The molecule has 0 aliphatic carbocycles. The van der Waals surface area contributed by atoms with Gasteiger partial charge < -0.3 is 0 Å². The van der Waals surface area contributed by atoms with Crippen molar-refractivity contribution in [2.24, 2.45) is 0 Å². The topological polar surface area (TPSA) is 23.8 Å². The first-order chi connectivity index (χ1) is 6.99. The zero-order valence-corrected chi connectivity index (χ0v) is 7.35. The minimum absolute atomic E-state index is 0.0591. The van der Waals surface area contributed by atoms with E-state index in [1.54, 1.807) is 0 Å². The summed E-state index contributed by atoms with van der Waals surface area (Å²) in [6.45, 7) is 0. The molecule has 78 valence electrons. The summed E-state index contributed by atoms with van der Waals surface area (Å²) in [6, 6.07) is 4.42. The minimum atomic E-state index is -4.61. The number of benzene rings is 1. The minimum Gasteiger partial charge on any atom is -0.216 e. The molecule has 1 aromatic rings. The van der Waals surface area contributed by atoms with Crippen LogP contribution < -0.4 is 0 Å². The summed E-state index contributed by atoms with van der Waals surface area (Å²) in [5.74, 6) is 0. The standard InChI is InChI=1S/C10H5F4N/c11-4-3-7-1-2-8(6-15)9(5-7)10(12,13)14/h1-5H. The van der Waals surface area contributed by atoms with Gasteiger partial charge in [0.2, 0.25) is 0 Å². The van der Waals surface area contributed by atoms with Crippen molar-refractivity contribution in [1.82, 2.24) is 0 Å². The second kappa shape index (κ2) is 4.13. The largest absolute Gasteiger partial charge is 0.417 e. The maximum absolute atomic E-state index is 12.4. The summed E-state index contributed by atoms with van der Waals surface area (Å²) in [5, 5.41) is 8.46. The predicted octanol–water partition coefficient (Wildman–Crippen LogP) is 3.52. The second-order valence-corrected chi connectivity index (χ2v) is 2.71.